The third-order valence-electron chi connectivity index (χ3n) is 4.15. The molecule has 0 amide bonds. The van der Waals surface area contributed by atoms with Crippen molar-refractivity contribution < 1.29 is 14.4 Å². The molecule has 0 fully saturated rings. The summed E-state index contributed by atoms with van der Waals surface area (Å²) in [6, 6.07) is 19.1. The van der Waals surface area contributed by atoms with Gasteiger partial charge in [-0.25, -0.2) is 9.37 Å². The Labute approximate surface area is 143 Å². The fourth-order valence-corrected chi connectivity index (χ4v) is 2.88. The van der Waals surface area contributed by atoms with Gasteiger partial charge in [-0.2, -0.15) is 0 Å². The highest BCUT2D eigenvalue weighted by atomic mass is 19.1. The molecule has 4 aromatic rings. The first-order valence-corrected chi connectivity index (χ1v) is 7.83. The number of aromatic amines is 1. The van der Waals surface area contributed by atoms with Crippen LogP contribution < -0.4 is 5.46 Å². The number of halogens is 1. The van der Waals surface area contributed by atoms with Crippen LogP contribution in [0, 0.1) is 5.82 Å². The average Bonchev–Trinajstić information content (AvgIpc) is 3.07. The minimum atomic E-state index is -1.55. The van der Waals surface area contributed by atoms with Gasteiger partial charge in [0.05, 0.1) is 11.0 Å². The lowest BCUT2D eigenvalue weighted by molar-refractivity contribution is 0.426. The second-order valence-corrected chi connectivity index (χ2v) is 5.77. The molecule has 0 saturated carbocycles. The largest absolute Gasteiger partial charge is 0.488 e. The lowest BCUT2D eigenvalue weighted by atomic mass is 9.80. The lowest BCUT2D eigenvalue weighted by Gasteiger charge is -2.06. The van der Waals surface area contributed by atoms with Gasteiger partial charge in [-0.15, -0.1) is 0 Å². The summed E-state index contributed by atoms with van der Waals surface area (Å²) >= 11 is 0. The minimum Gasteiger partial charge on any atom is -0.423 e. The number of imidazole rings is 1. The first-order chi connectivity index (χ1) is 12.1. The van der Waals surface area contributed by atoms with Crippen molar-refractivity contribution in [1.82, 2.24) is 9.97 Å². The van der Waals surface area contributed by atoms with E-state index in [2.05, 4.69) is 9.97 Å². The summed E-state index contributed by atoms with van der Waals surface area (Å²) in [6.07, 6.45) is 0. The molecular formula is C19H14BFN2O2. The van der Waals surface area contributed by atoms with Gasteiger partial charge in [-0.3, -0.25) is 0 Å². The van der Waals surface area contributed by atoms with Gasteiger partial charge in [0.25, 0.3) is 0 Å². The van der Waals surface area contributed by atoms with Crippen molar-refractivity contribution in [1.29, 1.82) is 0 Å². The maximum atomic E-state index is 14.5. The van der Waals surface area contributed by atoms with Crippen LogP contribution in [-0.2, 0) is 0 Å². The first kappa shape index (κ1) is 15.6. The number of hydrogen-bond donors (Lipinski definition) is 3. The Bertz CT molecular complexity index is 1030. The normalized spacial score (nSPS) is 11.0. The Hall–Kier alpha value is -2.96. The number of H-pyrrole nitrogens is 1. The van der Waals surface area contributed by atoms with E-state index in [1.165, 1.54) is 6.07 Å². The van der Waals surface area contributed by atoms with Gasteiger partial charge in [0, 0.05) is 11.1 Å². The van der Waals surface area contributed by atoms with E-state index >= 15 is 0 Å². The molecule has 25 heavy (non-hydrogen) atoms. The number of fused-ring (bicyclic) bond motifs is 1. The summed E-state index contributed by atoms with van der Waals surface area (Å²) in [7, 11) is -1.55. The van der Waals surface area contributed by atoms with Crippen molar-refractivity contribution in [3.05, 3.63) is 72.5 Å². The number of hydrogen-bond acceptors (Lipinski definition) is 3. The van der Waals surface area contributed by atoms with Crippen molar-refractivity contribution in [2.75, 3.05) is 0 Å². The van der Waals surface area contributed by atoms with Crippen LogP contribution in [0.15, 0.2) is 66.7 Å². The van der Waals surface area contributed by atoms with Gasteiger partial charge < -0.3 is 15.0 Å². The van der Waals surface area contributed by atoms with Gasteiger partial charge in [0.15, 0.2) is 0 Å². The predicted octanol–water partition coefficient (Wildman–Crippen LogP) is 2.72. The summed E-state index contributed by atoms with van der Waals surface area (Å²) in [5.41, 5.74) is 3.55. The fourth-order valence-electron chi connectivity index (χ4n) is 2.88. The standard InChI is InChI=1S/C19H14BFN2O2/c21-15-10-11-16-18(23-19(22-16)13-4-2-1-3-5-13)17(15)12-6-8-14(9-7-12)20(24)25/h1-11,24-25H,(H,22,23). The molecule has 0 bridgehead atoms. The molecular weight excluding hydrogens is 318 g/mol. The summed E-state index contributed by atoms with van der Waals surface area (Å²) < 4.78 is 14.5. The number of rotatable bonds is 3. The van der Waals surface area contributed by atoms with E-state index in [1.54, 1.807) is 30.3 Å². The molecule has 0 radical (unpaired) electrons. The van der Waals surface area contributed by atoms with Gasteiger partial charge in [-0.05, 0) is 23.2 Å². The summed E-state index contributed by atoms with van der Waals surface area (Å²) in [4.78, 5) is 7.80. The van der Waals surface area contributed by atoms with Crippen molar-refractivity contribution in [2.45, 2.75) is 0 Å². The third-order valence-corrected chi connectivity index (χ3v) is 4.15. The van der Waals surface area contributed by atoms with Crippen LogP contribution in [-0.4, -0.2) is 27.1 Å². The van der Waals surface area contributed by atoms with E-state index in [-0.39, 0.29) is 5.82 Å². The molecule has 0 atom stereocenters. The Morgan fingerprint density at radius 3 is 2.24 bits per heavy atom. The molecule has 1 aromatic heterocycles. The van der Waals surface area contributed by atoms with E-state index in [9.17, 15) is 14.4 Å². The molecule has 0 aliphatic carbocycles. The number of nitrogens with one attached hydrogen (secondary N) is 1. The van der Waals surface area contributed by atoms with Crippen molar-refractivity contribution in [3.63, 3.8) is 0 Å². The van der Waals surface area contributed by atoms with E-state index in [0.29, 0.717) is 27.9 Å². The van der Waals surface area contributed by atoms with E-state index in [0.717, 1.165) is 11.1 Å². The summed E-state index contributed by atoms with van der Waals surface area (Å²) in [5, 5.41) is 18.4. The van der Waals surface area contributed by atoms with Crippen molar-refractivity contribution >= 4 is 23.6 Å². The van der Waals surface area contributed by atoms with Crippen molar-refractivity contribution in [2.24, 2.45) is 0 Å². The number of aromatic nitrogens is 2. The van der Waals surface area contributed by atoms with Crippen LogP contribution in [0.5, 0.6) is 0 Å². The monoisotopic (exact) mass is 332 g/mol. The SMILES string of the molecule is OB(O)c1ccc(-c2c(F)ccc3[nH]c(-c4ccccc4)nc23)cc1. The maximum absolute atomic E-state index is 14.5. The van der Waals surface area contributed by atoms with Gasteiger partial charge in [-0.1, -0.05) is 54.6 Å². The lowest BCUT2D eigenvalue weighted by Crippen LogP contribution is -2.29. The quantitative estimate of drug-likeness (QED) is 0.505. The second-order valence-electron chi connectivity index (χ2n) is 5.77. The average molecular weight is 332 g/mol. The molecule has 4 nitrogen and oxygen atoms in total. The number of nitrogens with zero attached hydrogens (tertiary/aromatic N) is 1. The Morgan fingerprint density at radius 1 is 0.840 bits per heavy atom. The third kappa shape index (κ3) is 2.82. The van der Waals surface area contributed by atoms with E-state index < -0.39 is 7.12 Å². The zero-order chi connectivity index (χ0) is 17.4. The Kier molecular flexibility index (Phi) is 3.84. The molecule has 3 N–H and O–H groups in total. The molecule has 0 saturated heterocycles. The summed E-state index contributed by atoms with van der Waals surface area (Å²) in [6.45, 7) is 0. The van der Waals surface area contributed by atoms with Gasteiger partial charge in [0.2, 0.25) is 0 Å². The van der Waals surface area contributed by atoms with Crippen molar-refractivity contribution in [3.8, 4) is 22.5 Å². The molecule has 3 aromatic carbocycles. The molecule has 0 aliphatic rings. The van der Waals surface area contributed by atoms with Gasteiger partial charge >= 0.3 is 7.12 Å². The van der Waals surface area contributed by atoms with Crippen LogP contribution in [0.25, 0.3) is 33.5 Å². The topological polar surface area (TPSA) is 69.1 Å². The zero-order valence-corrected chi connectivity index (χ0v) is 13.1. The number of benzene rings is 3. The fraction of sp³-hybridized carbons (Fsp3) is 0. The molecule has 4 rings (SSSR count). The van der Waals surface area contributed by atoms with Crippen LogP contribution in [0.4, 0.5) is 4.39 Å². The summed E-state index contributed by atoms with van der Waals surface area (Å²) in [5.74, 6) is 0.292. The smallest absolute Gasteiger partial charge is 0.423 e. The molecule has 1 heterocycles. The highest BCUT2D eigenvalue weighted by Crippen LogP contribution is 2.31. The van der Waals surface area contributed by atoms with Gasteiger partial charge in [0.1, 0.15) is 11.6 Å². The Morgan fingerprint density at radius 2 is 1.56 bits per heavy atom. The molecule has 122 valence electrons. The van der Waals surface area contributed by atoms with Crippen LogP contribution in [0.1, 0.15) is 0 Å². The van der Waals surface area contributed by atoms with Crippen LogP contribution >= 0.6 is 0 Å². The van der Waals surface area contributed by atoms with E-state index in [4.69, 9.17) is 0 Å². The highest BCUT2D eigenvalue weighted by molar-refractivity contribution is 6.58. The molecule has 0 unspecified atom stereocenters. The minimum absolute atomic E-state index is 0.350. The van der Waals surface area contributed by atoms with Crippen LogP contribution in [0.3, 0.4) is 0 Å². The molecule has 0 aliphatic heterocycles. The predicted molar refractivity (Wildman–Crippen MR) is 96.7 cm³/mol. The first-order valence-electron chi connectivity index (χ1n) is 7.83. The molecule has 6 heteroatoms. The Balaban J connectivity index is 1.88. The van der Waals surface area contributed by atoms with E-state index in [1.807, 2.05) is 30.3 Å². The van der Waals surface area contributed by atoms with Crippen LogP contribution in [0.2, 0.25) is 0 Å². The molecule has 0 spiro atoms. The highest BCUT2D eigenvalue weighted by Gasteiger charge is 2.16. The second kappa shape index (κ2) is 6.16. The zero-order valence-electron chi connectivity index (χ0n) is 13.1. The maximum Gasteiger partial charge on any atom is 0.488 e.